The van der Waals surface area contributed by atoms with Gasteiger partial charge in [-0.25, -0.2) is 9.59 Å². The number of rotatable bonds is 6. The summed E-state index contributed by atoms with van der Waals surface area (Å²) in [6, 6.07) is -0.0787. The molecule has 0 aliphatic carbocycles. The molecule has 0 bridgehead atoms. The highest BCUT2D eigenvalue weighted by Gasteiger charge is 2.24. The lowest BCUT2D eigenvalue weighted by Gasteiger charge is -2.12. The fourth-order valence-electron chi connectivity index (χ4n) is 3.29. The molecule has 2 aromatic rings. The lowest BCUT2D eigenvalue weighted by molar-refractivity contribution is 0.216. The molecule has 0 saturated carbocycles. The van der Waals surface area contributed by atoms with Gasteiger partial charge in [-0.1, -0.05) is 13.8 Å². The van der Waals surface area contributed by atoms with Crippen molar-refractivity contribution in [2.75, 3.05) is 13.1 Å². The van der Waals surface area contributed by atoms with Crippen LogP contribution < -0.4 is 16.6 Å². The monoisotopic (exact) mass is 378 g/mol. The Labute approximate surface area is 156 Å². The maximum Gasteiger partial charge on any atom is 0.332 e. The van der Waals surface area contributed by atoms with Crippen LogP contribution in [0.15, 0.2) is 9.59 Å². The number of nitrogens with one attached hydrogen (secondary N) is 1. The summed E-state index contributed by atoms with van der Waals surface area (Å²) in [4.78, 5) is 41.0. The third kappa shape index (κ3) is 3.18. The Bertz CT molecular complexity index is 954. The predicted molar refractivity (Wildman–Crippen MR) is 104 cm³/mol. The summed E-state index contributed by atoms with van der Waals surface area (Å²) in [5.41, 5.74) is 0.423. The van der Waals surface area contributed by atoms with Gasteiger partial charge in [-0.2, -0.15) is 0 Å². The van der Waals surface area contributed by atoms with Crippen LogP contribution in [0.4, 0.5) is 4.79 Å². The van der Waals surface area contributed by atoms with Crippen molar-refractivity contribution in [2.45, 2.75) is 53.8 Å². The second kappa shape index (κ2) is 7.26. The van der Waals surface area contributed by atoms with E-state index in [1.54, 1.807) is 9.47 Å². The van der Waals surface area contributed by atoms with E-state index in [1.807, 2.05) is 13.8 Å². The molecule has 0 radical (unpaired) electrons. The molecule has 2 amide bonds. The highest BCUT2D eigenvalue weighted by Crippen LogP contribution is 2.29. The molecular formula is C18H26N4O3S. The van der Waals surface area contributed by atoms with Crippen molar-refractivity contribution in [2.24, 2.45) is 5.92 Å². The minimum absolute atomic E-state index is 0.0787. The number of urea groups is 1. The molecule has 7 nitrogen and oxygen atoms in total. The van der Waals surface area contributed by atoms with Gasteiger partial charge in [0.1, 0.15) is 4.83 Å². The topological polar surface area (TPSA) is 76.3 Å². The molecule has 0 unspecified atom stereocenters. The van der Waals surface area contributed by atoms with Crippen LogP contribution in [-0.4, -0.2) is 33.2 Å². The lowest BCUT2D eigenvalue weighted by atomic mass is 10.1. The highest BCUT2D eigenvalue weighted by molar-refractivity contribution is 7.18. The van der Waals surface area contributed by atoms with E-state index in [9.17, 15) is 14.4 Å². The largest absolute Gasteiger partial charge is 0.336 e. The average molecular weight is 378 g/mol. The van der Waals surface area contributed by atoms with Crippen LogP contribution in [0.5, 0.6) is 0 Å². The summed E-state index contributed by atoms with van der Waals surface area (Å²) in [6.07, 6.45) is 0.873. The normalized spacial score (nSPS) is 14.7. The van der Waals surface area contributed by atoms with Crippen LogP contribution in [0.3, 0.4) is 0 Å². The maximum atomic E-state index is 12.9. The van der Waals surface area contributed by atoms with E-state index < -0.39 is 0 Å². The van der Waals surface area contributed by atoms with Gasteiger partial charge in [0, 0.05) is 31.1 Å². The second-order valence-electron chi connectivity index (χ2n) is 7.15. The van der Waals surface area contributed by atoms with Crippen LogP contribution in [0.25, 0.3) is 10.2 Å². The Hall–Kier alpha value is -2.09. The van der Waals surface area contributed by atoms with Gasteiger partial charge in [0.15, 0.2) is 0 Å². The van der Waals surface area contributed by atoms with Crippen LogP contribution in [0, 0.1) is 12.8 Å². The standard InChI is InChI=1S/C18H26N4O3S/c1-5-21-15(23)14-12(4)13(10-20-9-7-19-17(20)24)26-16(14)22(18(21)25)8-6-11(2)3/h11H,5-10H2,1-4H3,(H,19,24). The molecule has 3 heterocycles. The smallest absolute Gasteiger partial charge is 0.332 e. The molecule has 8 heteroatoms. The van der Waals surface area contributed by atoms with Gasteiger partial charge in [0.05, 0.1) is 11.9 Å². The van der Waals surface area contributed by atoms with Crippen molar-refractivity contribution in [3.8, 4) is 0 Å². The summed E-state index contributed by atoms with van der Waals surface area (Å²) in [6.45, 7) is 10.7. The number of fused-ring (bicyclic) bond motifs is 1. The van der Waals surface area contributed by atoms with Crippen molar-refractivity contribution < 1.29 is 4.79 Å². The number of carbonyl (C=O) groups is 1. The summed E-state index contributed by atoms with van der Waals surface area (Å²) in [5.74, 6) is 0.466. The first kappa shape index (κ1) is 18.7. The molecule has 1 aliphatic heterocycles. The highest BCUT2D eigenvalue weighted by atomic mass is 32.1. The van der Waals surface area contributed by atoms with Crippen molar-refractivity contribution >= 4 is 27.6 Å². The van der Waals surface area contributed by atoms with Crippen molar-refractivity contribution in [3.63, 3.8) is 0 Å². The van der Waals surface area contributed by atoms with Gasteiger partial charge in [0.2, 0.25) is 0 Å². The Kier molecular flexibility index (Phi) is 5.22. The first-order valence-corrected chi connectivity index (χ1v) is 9.95. The first-order valence-electron chi connectivity index (χ1n) is 9.13. The molecule has 2 aromatic heterocycles. The number of hydrogen-bond acceptors (Lipinski definition) is 4. The van der Waals surface area contributed by atoms with Crippen molar-refractivity contribution in [1.82, 2.24) is 19.4 Å². The lowest BCUT2D eigenvalue weighted by Crippen LogP contribution is -2.39. The van der Waals surface area contributed by atoms with Gasteiger partial charge >= 0.3 is 11.7 Å². The Balaban J connectivity index is 2.16. The Morgan fingerprint density at radius 3 is 2.50 bits per heavy atom. The summed E-state index contributed by atoms with van der Waals surface area (Å²) >= 11 is 1.47. The minimum atomic E-state index is -0.239. The zero-order chi connectivity index (χ0) is 19.0. The molecule has 0 spiro atoms. The number of amides is 2. The van der Waals surface area contributed by atoms with E-state index in [1.165, 1.54) is 15.9 Å². The number of carbonyl (C=O) groups excluding carboxylic acids is 1. The third-order valence-electron chi connectivity index (χ3n) is 4.92. The zero-order valence-corrected chi connectivity index (χ0v) is 16.6. The molecule has 1 fully saturated rings. The number of aromatic nitrogens is 2. The molecular weight excluding hydrogens is 352 g/mol. The van der Waals surface area contributed by atoms with Gasteiger partial charge in [-0.15, -0.1) is 11.3 Å². The van der Waals surface area contributed by atoms with Crippen LogP contribution in [0.1, 0.15) is 37.6 Å². The molecule has 26 heavy (non-hydrogen) atoms. The number of thiophene rings is 1. The van der Waals surface area contributed by atoms with E-state index in [4.69, 9.17) is 0 Å². The second-order valence-corrected chi connectivity index (χ2v) is 8.23. The molecule has 3 rings (SSSR count). The van der Waals surface area contributed by atoms with Crippen molar-refractivity contribution in [3.05, 3.63) is 31.3 Å². The van der Waals surface area contributed by atoms with Crippen LogP contribution >= 0.6 is 11.3 Å². The van der Waals surface area contributed by atoms with Crippen LogP contribution in [-0.2, 0) is 19.6 Å². The van der Waals surface area contributed by atoms with E-state index in [-0.39, 0.29) is 17.3 Å². The maximum absolute atomic E-state index is 12.9. The van der Waals surface area contributed by atoms with E-state index >= 15 is 0 Å². The Morgan fingerprint density at radius 2 is 1.92 bits per heavy atom. The third-order valence-corrected chi connectivity index (χ3v) is 6.22. The van der Waals surface area contributed by atoms with E-state index in [0.717, 1.165) is 21.7 Å². The zero-order valence-electron chi connectivity index (χ0n) is 15.8. The Morgan fingerprint density at radius 1 is 1.19 bits per heavy atom. The predicted octanol–water partition coefficient (Wildman–Crippen LogP) is 2.12. The summed E-state index contributed by atoms with van der Waals surface area (Å²) in [7, 11) is 0. The molecule has 1 aliphatic rings. The number of hydrogen-bond donors (Lipinski definition) is 1. The fraction of sp³-hybridized carbons (Fsp3) is 0.611. The van der Waals surface area contributed by atoms with Crippen molar-refractivity contribution in [1.29, 1.82) is 0 Å². The summed E-state index contributed by atoms with van der Waals surface area (Å²) in [5, 5.41) is 3.42. The van der Waals surface area contributed by atoms with Gasteiger partial charge in [-0.05, 0) is 31.7 Å². The van der Waals surface area contributed by atoms with Gasteiger partial charge < -0.3 is 10.2 Å². The summed E-state index contributed by atoms with van der Waals surface area (Å²) < 4.78 is 3.06. The van der Waals surface area contributed by atoms with Crippen LogP contribution in [0.2, 0.25) is 0 Å². The quantitative estimate of drug-likeness (QED) is 0.837. The molecule has 0 atom stereocenters. The molecule has 1 saturated heterocycles. The fourth-order valence-corrected chi connectivity index (χ4v) is 4.62. The molecule has 142 valence electrons. The SMILES string of the molecule is CCn1c(=O)c2c(C)c(CN3CCNC3=O)sc2n(CCC(C)C)c1=O. The number of aryl methyl sites for hydroxylation is 2. The van der Waals surface area contributed by atoms with E-state index in [2.05, 4.69) is 19.2 Å². The van der Waals surface area contributed by atoms with Gasteiger partial charge in [-0.3, -0.25) is 13.9 Å². The average Bonchev–Trinajstić information content (AvgIpc) is 3.12. The van der Waals surface area contributed by atoms with E-state index in [0.29, 0.717) is 44.0 Å². The van der Waals surface area contributed by atoms with Gasteiger partial charge in [0.25, 0.3) is 5.56 Å². The number of nitrogens with zero attached hydrogens (tertiary/aromatic N) is 3. The minimum Gasteiger partial charge on any atom is -0.336 e. The molecule has 1 N–H and O–H groups in total. The first-order chi connectivity index (χ1) is 12.3. The molecule has 0 aromatic carbocycles.